The van der Waals surface area contributed by atoms with Crippen LogP contribution >= 0.6 is 0 Å². The van der Waals surface area contributed by atoms with Crippen molar-refractivity contribution in [3.63, 3.8) is 0 Å². The smallest absolute Gasteiger partial charge is 0.145 e. The van der Waals surface area contributed by atoms with E-state index in [0.717, 1.165) is 6.54 Å². The van der Waals surface area contributed by atoms with Crippen molar-refractivity contribution < 1.29 is 9.13 Å². The molecule has 1 atom stereocenters. The van der Waals surface area contributed by atoms with Crippen LogP contribution in [0.25, 0.3) is 0 Å². The molecule has 3 nitrogen and oxygen atoms in total. The highest BCUT2D eigenvalue weighted by Crippen LogP contribution is 2.35. The molecule has 108 valence electrons. The third kappa shape index (κ3) is 3.56. The minimum absolute atomic E-state index is 0.119. The summed E-state index contributed by atoms with van der Waals surface area (Å²) in [7, 11) is 1.68. The van der Waals surface area contributed by atoms with Gasteiger partial charge in [-0.1, -0.05) is 12.1 Å². The molecule has 0 bridgehead atoms. The number of hydrogen-bond acceptors (Lipinski definition) is 3. The number of nitrogens with zero attached hydrogens (tertiary/aromatic N) is 2. The molecule has 0 spiro atoms. The van der Waals surface area contributed by atoms with Gasteiger partial charge in [-0.25, -0.2) is 4.39 Å². The van der Waals surface area contributed by atoms with Crippen LogP contribution in [0.1, 0.15) is 30.9 Å². The maximum absolute atomic E-state index is 14.2. The predicted octanol–water partition coefficient (Wildman–Crippen LogP) is 2.94. The molecular weight excluding hydrogens is 255 g/mol. The molecule has 20 heavy (non-hydrogen) atoms. The maximum atomic E-state index is 14.2. The van der Waals surface area contributed by atoms with Gasteiger partial charge in [0.25, 0.3) is 0 Å². The summed E-state index contributed by atoms with van der Waals surface area (Å²) in [6.07, 6.45) is 2.51. The van der Waals surface area contributed by atoms with Gasteiger partial charge in [-0.15, -0.1) is 0 Å². The van der Waals surface area contributed by atoms with E-state index in [1.54, 1.807) is 19.2 Å². The average Bonchev–Trinajstić information content (AvgIpc) is 3.29. The van der Waals surface area contributed by atoms with E-state index < -0.39 is 0 Å². The fourth-order valence-electron chi connectivity index (χ4n) is 2.52. The van der Waals surface area contributed by atoms with Crippen molar-refractivity contribution in [2.45, 2.75) is 32.4 Å². The molecule has 0 aliphatic heterocycles. The zero-order valence-electron chi connectivity index (χ0n) is 12.1. The summed E-state index contributed by atoms with van der Waals surface area (Å²) < 4.78 is 19.3. The van der Waals surface area contributed by atoms with Gasteiger partial charge in [-0.3, -0.25) is 4.90 Å². The first kappa shape index (κ1) is 15.0. The molecule has 0 amide bonds. The quantitative estimate of drug-likeness (QED) is 0.768. The fourth-order valence-corrected chi connectivity index (χ4v) is 2.52. The van der Waals surface area contributed by atoms with Gasteiger partial charge in [0.1, 0.15) is 11.9 Å². The molecular formula is C16H21FN2O. The van der Waals surface area contributed by atoms with E-state index in [2.05, 4.69) is 11.8 Å². The Morgan fingerprint density at radius 2 is 2.25 bits per heavy atom. The second-order valence-corrected chi connectivity index (χ2v) is 5.43. The Morgan fingerprint density at radius 3 is 2.85 bits per heavy atom. The van der Waals surface area contributed by atoms with E-state index >= 15 is 0 Å². The minimum atomic E-state index is -0.389. The predicted molar refractivity (Wildman–Crippen MR) is 75.6 cm³/mol. The summed E-state index contributed by atoms with van der Waals surface area (Å²) in [5.41, 5.74) is 0.709. The number of ether oxygens (including phenoxy) is 1. The normalized spacial score (nSPS) is 16.1. The van der Waals surface area contributed by atoms with Crippen LogP contribution in [-0.4, -0.2) is 31.2 Å². The molecule has 2 rings (SSSR count). The highest BCUT2D eigenvalue weighted by Gasteiger charge is 2.32. The van der Waals surface area contributed by atoms with Gasteiger partial charge >= 0.3 is 0 Å². The van der Waals surface area contributed by atoms with E-state index in [0.29, 0.717) is 30.7 Å². The van der Waals surface area contributed by atoms with Crippen molar-refractivity contribution in [2.75, 3.05) is 20.3 Å². The molecule has 1 saturated carbocycles. The molecule has 1 aromatic carbocycles. The van der Waals surface area contributed by atoms with E-state index in [1.807, 2.05) is 6.07 Å². The highest BCUT2D eigenvalue weighted by atomic mass is 19.1. The molecule has 0 N–H and O–H groups in total. The zero-order valence-corrected chi connectivity index (χ0v) is 12.1. The van der Waals surface area contributed by atoms with Gasteiger partial charge < -0.3 is 4.74 Å². The van der Waals surface area contributed by atoms with Crippen molar-refractivity contribution in [3.8, 4) is 6.07 Å². The molecule has 1 unspecified atom stereocenters. The van der Waals surface area contributed by atoms with E-state index in [4.69, 9.17) is 10.00 Å². The third-order valence-corrected chi connectivity index (χ3v) is 4.04. The van der Waals surface area contributed by atoms with Crippen LogP contribution in [0.15, 0.2) is 18.2 Å². The number of rotatable bonds is 7. The molecule has 1 aliphatic rings. The van der Waals surface area contributed by atoms with Crippen LogP contribution in [0.2, 0.25) is 0 Å². The lowest BCUT2D eigenvalue weighted by atomic mass is 10.1. The molecule has 0 heterocycles. The van der Waals surface area contributed by atoms with Crippen LogP contribution in [0.5, 0.6) is 0 Å². The Labute approximate surface area is 120 Å². The van der Waals surface area contributed by atoms with Crippen molar-refractivity contribution in [3.05, 3.63) is 35.1 Å². The molecule has 1 aliphatic carbocycles. The van der Waals surface area contributed by atoms with Crippen molar-refractivity contribution >= 4 is 0 Å². The molecule has 0 saturated heterocycles. The van der Waals surface area contributed by atoms with Crippen molar-refractivity contribution in [1.82, 2.24) is 4.90 Å². The summed E-state index contributed by atoms with van der Waals surface area (Å²) in [6.45, 7) is 4.14. The number of halogens is 1. The lowest BCUT2D eigenvalue weighted by Gasteiger charge is -2.29. The van der Waals surface area contributed by atoms with Crippen LogP contribution in [0.4, 0.5) is 4.39 Å². The summed E-state index contributed by atoms with van der Waals surface area (Å²) in [5, 5.41) is 8.90. The van der Waals surface area contributed by atoms with Crippen LogP contribution in [-0.2, 0) is 11.3 Å². The molecule has 0 aromatic heterocycles. The monoisotopic (exact) mass is 276 g/mol. The first-order valence-corrected chi connectivity index (χ1v) is 7.07. The lowest BCUT2D eigenvalue weighted by Crippen LogP contribution is -2.36. The highest BCUT2D eigenvalue weighted by molar-refractivity contribution is 5.34. The van der Waals surface area contributed by atoms with E-state index in [1.165, 1.54) is 18.9 Å². The van der Waals surface area contributed by atoms with Gasteiger partial charge in [-0.05, 0) is 31.7 Å². The van der Waals surface area contributed by atoms with Crippen LogP contribution < -0.4 is 0 Å². The number of nitriles is 1. The Hall–Kier alpha value is -1.44. The minimum Gasteiger partial charge on any atom is -0.383 e. The number of hydrogen-bond donors (Lipinski definition) is 0. The summed E-state index contributed by atoms with van der Waals surface area (Å²) in [5.74, 6) is 0.328. The topological polar surface area (TPSA) is 36.3 Å². The van der Waals surface area contributed by atoms with Gasteiger partial charge in [-0.2, -0.15) is 5.26 Å². The van der Waals surface area contributed by atoms with Gasteiger partial charge in [0.05, 0.1) is 12.2 Å². The van der Waals surface area contributed by atoms with Crippen molar-refractivity contribution in [2.24, 2.45) is 5.92 Å². The van der Waals surface area contributed by atoms with Gasteiger partial charge in [0, 0.05) is 31.8 Å². The molecule has 0 radical (unpaired) electrons. The number of benzene rings is 1. The zero-order chi connectivity index (χ0) is 14.5. The van der Waals surface area contributed by atoms with Crippen molar-refractivity contribution in [1.29, 1.82) is 5.26 Å². The first-order chi connectivity index (χ1) is 9.67. The number of methoxy groups -OCH3 is 1. The lowest BCUT2D eigenvalue weighted by molar-refractivity contribution is 0.111. The second-order valence-electron chi connectivity index (χ2n) is 5.43. The molecule has 1 fully saturated rings. The first-order valence-electron chi connectivity index (χ1n) is 7.07. The largest absolute Gasteiger partial charge is 0.383 e. The summed E-state index contributed by atoms with van der Waals surface area (Å²) >= 11 is 0. The van der Waals surface area contributed by atoms with E-state index in [-0.39, 0.29) is 11.4 Å². The summed E-state index contributed by atoms with van der Waals surface area (Å²) in [4.78, 5) is 2.25. The Kier molecular flexibility index (Phi) is 5.11. The van der Waals surface area contributed by atoms with Crippen LogP contribution in [0, 0.1) is 23.1 Å². The SMILES string of the molecule is COCCN(Cc1cccc(C#N)c1F)C(C)C1CC1. The fraction of sp³-hybridized carbons (Fsp3) is 0.562. The standard InChI is InChI=1S/C16H21FN2O/c1-12(13-6-7-13)19(8-9-20-2)11-15-5-3-4-14(10-18)16(15)17/h3-5,12-13H,6-9,11H2,1-2H3. The van der Waals surface area contributed by atoms with Crippen LogP contribution in [0.3, 0.4) is 0 Å². The molecule has 1 aromatic rings. The molecule has 4 heteroatoms. The Bertz CT molecular complexity index is 494. The Balaban J connectivity index is 2.12. The average molecular weight is 276 g/mol. The third-order valence-electron chi connectivity index (χ3n) is 4.04. The van der Waals surface area contributed by atoms with Gasteiger partial charge in [0.2, 0.25) is 0 Å². The summed E-state index contributed by atoms with van der Waals surface area (Å²) in [6, 6.07) is 7.34. The maximum Gasteiger partial charge on any atom is 0.145 e. The Morgan fingerprint density at radius 1 is 1.50 bits per heavy atom. The second kappa shape index (κ2) is 6.83. The van der Waals surface area contributed by atoms with Gasteiger partial charge in [0.15, 0.2) is 0 Å². The van der Waals surface area contributed by atoms with E-state index in [9.17, 15) is 4.39 Å².